The molecule has 160 valence electrons. The minimum atomic E-state index is -0.336. The minimum absolute atomic E-state index is 0.0408. The maximum Gasteiger partial charge on any atom is 0.143 e. The quantitative estimate of drug-likeness (QED) is 0.678. The third-order valence-electron chi connectivity index (χ3n) is 5.84. The number of phenols is 1. The Balaban J connectivity index is 1.69. The van der Waals surface area contributed by atoms with Crippen molar-refractivity contribution in [3.05, 3.63) is 52.0 Å². The first-order valence-electron chi connectivity index (χ1n) is 10.0. The first-order valence-corrected chi connectivity index (χ1v) is 11.8. The number of benzene rings is 2. The summed E-state index contributed by atoms with van der Waals surface area (Å²) in [5, 5.41) is 11.1. The van der Waals surface area contributed by atoms with E-state index in [1.54, 1.807) is 23.9 Å². The fourth-order valence-electron chi connectivity index (χ4n) is 4.17. The van der Waals surface area contributed by atoms with Crippen LogP contribution in [0.3, 0.4) is 0 Å². The molecule has 2 heterocycles. The van der Waals surface area contributed by atoms with Crippen LogP contribution in [0, 0.1) is 0 Å². The molecule has 1 N–H and O–H groups in total. The van der Waals surface area contributed by atoms with Gasteiger partial charge in [-0.2, -0.15) is 0 Å². The highest BCUT2D eigenvalue weighted by atomic mass is 35.5. The van der Waals surface area contributed by atoms with E-state index in [0.717, 1.165) is 61.7 Å². The molecule has 2 aromatic rings. The van der Waals surface area contributed by atoms with Crippen LogP contribution in [-0.2, 0) is 4.79 Å². The van der Waals surface area contributed by atoms with E-state index >= 15 is 0 Å². The van der Waals surface area contributed by atoms with Gasteiger partial charge in [0.15, 0.2) is 0 Å². The molecule has 4 rings (SSSR count). The number of aromatic hydroxyl groups is 1. The number of carbonyl (C=O) groups is 1. The molecule has 8 heteroatoms. The van der Waals surface area contributed by atoms with E-state index in [-0.39, 0.29) is 17.0 Å². The Morgan fingerprint density at radius 2 is 1.80 bits per heavy atom. The molecule has 5 nitrogen and oxygen atoms in total. The molecular weight excluding hydrogens is 441 g/mol. The molecule has 2 saturated heterocycles. The zero-order valence-corrected chi connectivity index (χ0v) is 19.1. The van der Waals surface area contributed by atoms with Crippen molar-refractivity contribution >= 4 is 52.6 Å². The lowest BCUT2D eigenvalue weighted by Gasteiger charge is -2.42. The number of nitrogens with zero attached hydrogens (tertiary/aromatic N) is 3. The summed E-state index contributed by atoms with van der Waals surface area (Å²) in [4.78, 5) is 19.0. The summed E-state index contributed by atoms with van der Waals surface area (Å²) >= 11 is 14.1. The summed E-state index contributed by atoms with van der Waals surface area (Å²) in [6.45, 7) is 4.49. The summed E-state index contributed by atoms with van der Waals surface area (Å²) in [6, 6.07) is 10.7. The Labute approximate surface area is 191 Å². The minimum Gasteiger partial charge on any atom is -0.508 e. The Bertz CT molecular complexity index is 921. The molecule has 2 aliphatic rings. The summed E-state index contributed by atoms with van der Waals surface area (Å²) in [6.07, 6.45) is 1.03. The number of anilines is 2. The van der Waals surface area contributed by atoms with E-state index in [9.17, 15) is 9.90 Å². The fourth-order valence-corrected chi connectivity index (χ4v) is 5.80. The van der Waals surface area contributed by atoms with Crippen molar-refractivity contribution in [2.45, 2.75) is 11.3 Å². The maximum atomic E-state index is 12.3. The van der Waals surface area contributed by atoms with Crippen molar-refractivity contribution in [3.63, 3.8) is 0 Å². The third-order valence-corrected chi connectivity index (χ3v) is 7.89. The van der Waals surface area contributed by atoms with E-state index in [1.165, 1.54) is 0 Å². The van der Waals surface area contributed by atoms with E-state index in [0.29, 0.717) is 10.0 Å². The number of aldehydes is 1. The highest BCUT2D eigenvalue weighted by molar-refractivity contribution is 7.99. The first-order chi connectivity index (χ1) is 14.5. The van der Waals surface area contributed by atoms with E-state index < -0.39 is 0 Å². The van der Waals surface area contributed by atoms with Gasteiger partial charge in [-0.15, -0.1) is 11.8 Å². The largest absolute Gasteiger partial charge is 0.508 e. The van der Waals surface area contributed by atoms with Gasteiger partial charge >= 0.3 is 0 Å². The lowest BCUT2D eigenvalue weighted by Crippen LogP contribution is -2.47. The predicted molar refractivity (Wildman–Crippen MR) is 127 cm³/mol. The molecule has 0 aromatic heterocycles. The van der Waals surface area contributed by atoms with E-state index in [1.807, 2.05) is 24.3 Å². The van der Waals surface area contributed by atoms with Crippen LogP contribution in [-0.4, -0.2) is 67.9 Å². The van der Waals surface area contributed by atoms with Gasteiger partial charge in [0.2, 0.25) is 0 Å². The first kappa shape index (κ1) is 21.6. The van der Waals surface area contributed by atoms with Crippen LogP contribution < -0.4 is 9.80 Å². The molecule has 0 aliphatic carbocycles. The molecule has 0 saturated carbocycles. The Hall–Kier alpha value is -1.60. The molecular formula is C22H25Cl2N3O2S. The fraction of sp³-hybridized carbons (Fsp3) is 0.409. The average molecular weight is 466 g/mol. The van der Waals surface area contributed by atoms with Gasteiger partial charge in [0.1, 0.15) is 18.1 Å². The van der Waals surface area contributed by atoms with E-state index in [2.05, 4.69) is 21.7 Å². The average Bonchev–Trinajstić information content (AvgIpc) is 2.75. The highest BCUT2D eigenvalue weighted by Crippen LogP contribution is 2.44. The van der Waals surface area contributed by atoms with Crippen LogP contribution in [0.15, 0.2) is 36.4 Å². The standard InChI is InChI=1S/C22H25Cl2N3O2S/c1-25-6-8-26(9-7-25)20-13-16(29)3-4-17(20)22-21(14-28)27(10-11-30-22)15-2-5-18(23)19(24)12-15/h2-5,12-14,21-22,29H,6-11H2,1H3. The number of likely N-dealkylation sites (N-methyl/N-ethyl adjacent to an activating group) is 1. The van der Waals surface area contributed by atoms with Crippen molar-refractivity contribution < 1.29 is 9.90 Å². The monoisotopic (exact) mass is 465 g/mol. The van der Waals surface area contributed by atoms with Gasteiger partial charge in [0.25, 0.3) is 0 Å². The molecule has 2 atom stereocenters. The van der Waals surface area contributed by atoms with Gasteiger partial charge < -0.3 is 24.6 Å². The van der Waals surface area contributed by atoms with Gasteiger partial charge in [-0.25, -0.2) is 0 Å². The number of halogens is 2. The van der Waals surface area contributed by atoms with Crippen molar-refractivity contribution in [1.29, 1.82) is 0 Å². The van der Waals surface area contributed by atoms with Crippen molar-refractivity contribution in [2.24, 2.45) is 0 Å². The number of thioether (sulfide) groups is 1. The number of hydrogen-bond donors (Lipinski definition) is 1. The van der Waals surface area contributed by atoms with Crippen molar-refractivity contribution in [2.75, 3.05) is 55.3 Å². The summed E-state index contributed by atoms with van der Waals surface area (Å²) < 4.78 is 0. The predicted octanol–water partition coefficient (Wildman–Crippen LogP) is 4.31. The van der Waals surface area contributed by atoms with Gasteiger partial charge in [0.05, 0.1) is 15.3 Å². The molecule has 2 aliphatic heterocycles. The SMILES string of the molecule is CN1CCN(c2cc(O)ccc2C2SCCN(c3ccc(Cl)c(Cl)c3)C2C=O)CC1. The maximum absolute atomic E-state index is 12.3. The van der Waals surface area contributed by atoms with Gasteiger partial charge in [0, 0.05) is 55.9 Å². The number of rotatable bonds is 4. The second-order valence-corrected chi connectivity index (χ2v) is 9.81. The molecule has 2 fully saturated rings. The highest BCUT2D eigenvalue weighted by Gasteiger charge is 2.35. The Kier molecular flexibility index (Phi) is 6.68. The van der Waals surface area contributed by atoms with Gasteiger partial charge in [-0.05, 0) is 36.9 Å². The summed E-state index contributed by atoms with van der Waals surface area (Å²) in [5.41, 5.74) is 3.00. The lowest BCUT2D eigenvalue weighted by molar-refractivity contribution is -0.109. The molecule has 0 radical (unpaired) electrons. The molecule has 30 heavy (non-hydrogen) atoms. The van der Waals surface area contributed by atoms with Crippen LogP contribution in [0.1, 0.15) is 10.8 Å². The summed E-state index contributed by atoms with van der Waals surface area (Å²) in [7, 11) is 2.12. The van der Waals surface area contributed by atoms with Crippen LogP contribution in [0.25, 0.3) is 0 Å². The smallest absolute Gasteiger partial charge is 0.143 e. The van der Waals surface area contributed by atoms with Crippen molar-refractivity contribution in [3.8, 4) is 5.75 Å². The van der Waals surface area contributed by atoms with Crippen LogP contribution in [0.5, 0.6) is 5.75 Å². The van der Waals surface area contributed by atoms with Gasteiger partial charge in [-0.3, -0.25) is 0 Å². The second kappa shape index (κ2) is 9.27. The Morgan fingerprint density at radius 3 is 2.50 bits per heavy atom. The van der Waals surface area contributed by atoms with E-state index in [4.69, 9.17) is 23.2 Å². The number of phenolic OH excluding ortho intramolecular Hbond substituents is 1. The van der Waals surface area contributed by atoms with Crippen molar-refractivity contribution in [1.82, 2.24) is 4.90 Å². The number of carbonyl (C=O) groups excluding carboxylic acids is 1. The van der Waals surface area contributed by atoms with Crippen LogP contribution in [0.2, 0.25) is 10.0 Å². The zero-order chi connectivity index (χ0) is 21.3. The number of hydrogen-bond acceptors (Lipinski definition) is 6. The van der Waals surface area contributed by atoms with Crippen LogP contribution >= 0.6 is 35.0 Å². The number of piperazine rings is 1. The van der Waals surface area contributed by atoms with Crippen LogP contribution in [0.4, 0.5) is 11.4 Å². The molecule has 2 aromatic carbocycles. The summed E-state index contributed by atoms with van der Waals surface area (Å²) in [5.74, 6) is 1.13. The molecule has 0 bridgehead atoms. The molecule has 0 amide bonds. The lowest BCUT2D eigenvalue weighted by atomic mass is 10.00. The molecule has 2 unspecified atom stereocenters. The normalized spacial score (nSPS) is 22.9. The Morgan fingerprint density at radius 1 is 1.03 bits per heavy atom. The second-order valence-electron chi connectivity index (χ2n) is 7.74. The third kappa shape index (κ3) is 4.37. The molecule has 0 spiro atoms. The van der Waals surface area contributed by atoms with Gasteiger partial charge in [-0.1, -0.05) is 29.3 Å². The zero-order valence-electron chi connectivity index (χ0n) is 16.8. The topological polar surface area (TPSA) is 47.0 Å².